The van der Waals surface area contributed by atoms with Gasteiger partial charge in [0.2, 0.25) is 0 Å². The summed E-state index contributed by atoms with van der Waals surface area (Å²) >= 11 is 0. The largest absolute Gasteiger partial charge is 0.355 e. The summed E-state index contributed by atoms with van der Waals surface area (Å²) in [4.78, 5) is 21.4. The average Bonchev–Trinajstić information content (AvgIpc) is 2.97. The molecule has 0 amide bonds. The fourth-order valence-corrected chi connectivity index (χ4v) is 2.59. The van der Waals surface area contributed by atoms with E-state index in [0.29, 0.717) is 6.04 Å². The van der Waals surface area contributed by atoms with Crippen LogP contribution >= 0.6 is 0 Å². The maximum Gasteiger partial charge on any atom is 0.131 e. The molecule has 0 aromatic carbocycles. The van der Waals surface area contributed by atoms with E-state index in [-0.39, 0.29) is 0 Å². The maximum absolute atomic E-state index is 4.33. The van der Waals surface area contributed by atoms with Gasteiger partial charge in [-0.1, -0.05) is 0 Å². The summed E-state index contributed by atoms with van der Waals surface area (Å²) in [7, 11) is 2.10. The van der Waals surface area contributed by atoms with Crippen molar-refractivity contribution in [2.24, 2.45) is 0 Å². The van der Waals surface area contributed by atoms with Gasteiger partial charge in [0, 0.05) is 57.5 Å². The van der Waals surface area contributed by atoms with Crippen LogP contribution in [0.2, 0.25) is 0 Å². The van der Waals surface area contributed by atoms with Crippen molar-refractivity contribution in [3.8, 4) is 0 Å². The number of hydrogen-bond donors (Lipinski definition) is 0. The zero-order valence-corrected chi connectivity index (χ0v) is 11.6. The molecule has 6 heteroatoms. The topological polar surface area (TPSA) is 58.0 Å². The minimum atomic E-state index is 0.488. The second-order valence-corrected chi connectivity index (χ2v) is 5.05. The second-order valence-electron chi connectivity index (χ2n) is 5.05. The lowest BCUT2D eigenvalue weighted by atomic mass is 10.2. The fraction of sp³-hybridized carbons (Fsp3) is 0.429. The smallest absolute Gasteiger partial charge is 0.131 e. The van der Waals surface area contributed by atoms with E-state index in [0.717, 1.165) is 37.6 Å². The Morgan fingerprint density at radius 3 is 2.95 bits per heavy atom. The van der Waals surface area contributed by atoms with Crippen LogP contribution in [-0.2, 0) is 6.54 Å². The van der Waals surface area contributed by atoms with Crippen molar-refractivity contribution in [1.29, 1.82) is 0 Å². The molecule has 0 bridgehead atoms. The summed E-state index contributed by atoms with van der Waals surface area (Å²) in [5.74, 6) is 0.978. The van der Waals surface area contributed by atoms with E-state index in [4.69, 9.17) is 0 Å². The van der Waals surface area contributed by atoms with Crippen LogP contribution < -0.4 is 4.90 Å². The van der Waals surface area contributed by atoms with Gasteiger partial charge >= 0.3 is 0 Å². The van der Waals surface area contributed by atoms with Gasteiger partial charge in [0.1, 0.15) is 12.1 Å². The molecule has 1 aliphatic rings. The Hall–Kier alpha value is -2.08. The van der Waals surface area contributed by atoms with Crippen molar-refractivity contribution in [3.63, 3.8) is 0 Å². The van der Waals surface area contributed by atoms with Crippen molar-refractivity contribution in [2.45, 2.75) is 19.0 Å². The van der Waals surface area contributed by atoms with E-state index < -0.39 is 0 Å². The molecule has 0 N–H and O–H groups in total. The van der Waals surface area contributed by atoms with Crippen LogP contribution in [-0.4, -0.2) is 51.0 Å². The fourth-order valence-electron chi connectivity index (χ4n) is 2.59. The third kappa shape index (κ3) is 2.91. The molecule has 0 aliphatic carbocycles. The molecule has 3 heterocycles. The predicted octanol–water partition coefficient (Wildman–Crippen LogP) is 0.977. The van der Waals surface area contributed by atoms with Crippen LogP contribution in [0.15, 0.2) is 37.2 Å². The Morgan fingerprint density at radius 1 is 1.25 bits per heavy atom. The first kappa shape index (κ1) is 12.9. The highest BCUT2D eigenvalue weighted by Gasteiger charge is 2.26. The predicted molar refractivity (Wildman–Crippen MR) is 76.1 cm³/mol. The van der Waals surface area contributed by atoms with Crippen LogP contribution in [0, 0.1) is 0 Å². The highest BCUT2D eigenvalue weighted by molar-refractivity contribution is 5.37. The first-order chi connectivity index (χ1) is 9.83. The molecule has 104 valence electrons. The first-order valence-corrected chi connectivity index (χ1v) is 6.79. The highest BCUT2D eigenvalue weighted by atomic mass is 15.3. The van der Waals surface area contributed by atoms with E-state index in [1.54, 1.807) is 24.9 Å². The number of anilines is 1. The van der Waals surface area contributed by atoms with Gasteiger partial charge in [-0.15, -0.1) is 0 Å². The average molecular weight is 270 g/mol. The molecule has 3 rings (SSSR count). The van der Waals surface area contributed by atoms with Gasteiger partial charge in [-0.2, -0.15) is 0 Å². The number of hydrogen-bond acceptors (Lipinski definition) is 6. The third-order valence-corrected chi connectivity index (χ3v) is 3.73. The van der Waals surface area contributed by atoms with Crippen molar-refractivity contribution >= 4 is 5.82 Å². The standard InChI is InChI=1S/C14H18N6/c1-19(14-2-4-16-11-18-14)13-3-7-20(10-13)9-12-8-15-5-6-17-12/h2,4-6,8,11,13H,3,7,9-10H2,1H3. The lowest BCUT2D eigenvalue weighted by Gasteiger charge is -2.25. The molecule has 0 saturated carbocycles. The number of nitrogens with zero attached hydrogens (tertiary/aromatic N) is 6. The lowest BCUT2D eigenvalue weighted by Crippen LogP contribution is -2.35. The summed E-state index contributed by atoms with van der Waals surface area (Å²) in [6.45, 7) is 2.97. The quantitative estimate of drug-likeness (QED) is 0.825. The summed E-state index contributed by atoms with van der Waals surface area (Å²) in [6, 6.07) is 2.44. The Balaban J connectivity index is 1.59. The molecule has 2 aromatic rings. The van der Waals surface area contributed by atoms with E-state index in [2.05, 4.69) is 36.8 Å². The third-order valence-electron chi connectivity index (χ3n) is 3.73. The van der Waals surface area contributed by atoms with Crippen LogP contribution in [0.3, 0.4) is 0 Å². The molecule has 0 radical (unpaired) electrons. The minimum absolute atomic E-state index is 0.488. The molecule has 2 aromatic heterocycles. The monoisotopic (exact) mass is 270 g/mol. The van der Waals surface area contributed by atoms with Crippen molar-refractivity contribution in [3.05, 3.63) is 42.9 Å². The van der Waals surface area contributed by atoms with Crippen molar-refractivity contribution in [1.82, 2.24) is 24.8 Å². The maximum atomic E-state index is 4.33. The molecule has 1 unspecified atom stereocenters. The molecule has 1 aliphatic heterocycles. The zero-order valence-electron chi connectivity index (χ0n) is 11.6. The van der Waals surface area contributed by atoms with Gasteiger partial charge in [-0.3, -0.25) is 14.9 Å². The SMILES string of the molecule is CN(c1ccncn1)C1CCN(Cc2cnccn2)C1. The number of aromatic nitrogens is 4. The molecule has 1 fully saturated rings. The van der Waals surface area contributed by atoms with Crippen molar-refractivity contribution < 1.29 is 0 Å². The van der Waals surface area contributed by atoms with Gasteiger partial charge in [0.05, 0.1) is 5.69 Å². The van der Waals surface area contributed by atoms with E-state index in [9.17, 15) is 0 Å². The van der Waals surface area contributed by atoms with Gasteiger partial charge < -0.3 is 4.90 Å². The number of likely N-dealkylation sites (N-methyl/N-ethyl adjacent to an activating group) is 1. The zero-order chi connectivity index (χ0) is 13.8. The summed E-state index contributed by atoms with van der Waals surface area (Å²) in [5, 5.41) is 0. The minimum Gasteiger partial charge on any atom is -0.355 e. The molecular formula is C14H18N6. The van der Waals surface area contributed by atoms with Crippen molar-refractivity contribution in [2.75, 3.05) is 25.0 Å². The van der Waals surface area contributed by atoms with Crippen LogP contribution in [0.4, 0.5) is 5.82 Å². The van der Waals surface area contributed by atoms with E-state index >= 15 is 0 Å². The van der Waals surface area contributed by atoms with E-state index in [1.165, 1.54) is 0 Å². The van der Waals surface area contributed by atoms with Gasteiger partial charge in [-0.05, 0) is 12.5 Å². The molecule has 1 atom stereocenters. The second kappa shape index (κ2) is 5.92. The molecule has 6 nitrogen and oxygen atoms in total. The number of rotatable bonds is 4. The Labute approximate surface area is 118 Å². The van der Waals surface area contributed by atoms with Gasteiger partial charge in [-0.25, -0.2) is 9.97 Å². The molecule has 20 heavy (non-hydrogen) atoms. The normalized spacial score (nSPS) is 19.1. The van der Waals surface area contributed by atoms with Gasteiger partial charge in [0.15, 0.2) is 0 Å². The summed E-state index contributed by atoms with van der Waals surface area (Å²) < 4.78 is 0. The van der Waals surface area contributed by atoms with Crippen LogP contribution in [0.1, 0.15) is 12.1 Å². The first-order valence-electron chi connectivity index (χ1n) is 6.79. The van der Waals surface area contributed by atoms with Crippen LogP contribution in [0.25, 0.3) is 0 Å². The highest BCUT2D eigenvalue weighted by Crippen LogP contribution is 2.20. The van der Waals surface area contributed by atoms with Crippen LogP contribution in [0.5, 0.6) is 0 Å². The Morgan fingerprint density at radius 2 is 2.20 bits per heavy atom. The van der Waals surface area contributed by atoms with E-state index in [1.807, 2.05) is 12.3 Å². The molecule has 1 saturated heterocycles. The lowest BCUT2D eigenvalue weighted by molar-refractivity contribution is 0.321. The molecule has 0 spiro atoms. The van der Waals surface area contributed by atoms with Gasteiger partial charge in [0.25, 0.3) is 0 Å². The Bertz CT molecular complexity index is 532. The summed E-state index contributed by atoms with van der Waals surface area (Å²) in [6.07, 6.45) is 9.81. The Kier molecular flexibility index (Phi) is 3.83. The molecular weight excluding hydrogens is 252 g/mol. The number of likely N-dealkylation sites (tertiary alicyclic amines) is 1. The summed E-state index contributed by atoms with van der Waals surface area (Å²) in [5.41, 5.74) is 1.03.